The minimum absolute atomic E-state index is 0.0807. The van der Waals surface area contributed by atoms with E-state index in [2.05, 4.69) is 26.0 Å². The van der Waals surface area contributed by atoms with Gasteiger partial charge in [-0.05, 0) is 60.7 Å². The maximum absolute atomic E-state index is 9.56. The van der Waals surface area contributed by atoms with Crippen LogP contribution in [0.1, 0.15) is 16.7 Å². The SMILES string of the molecule is Cc1ccc(C)c(-c2ccc(O)c(O)c2)c1C. The second kappa shape index (κ2) is 4.13. The van der Waals surface area contributed by atoms with Crippen LogP contribution in [0.5, 0.6) is 11.5 Å². The number of aryl methyl sites for hydroxylation is 2. The van der Waals surface area contributed by atoms with Crippen molar-refractivity contribution >= 4 is 0 Å². The number of aromatic hydroxyl groups is 2. The lowest BCUT2D eigenvalue weighted by molar-refractivity contribution is 0.404. The van der Waals surface area contributed by atoms with Crippen LogP contribution in [0.15, 0.2) is 30.3 Å². The highest BCUT2D eigenvalue weighted by Gasteiger charge is 2.09. The Labute approximate surface area is 101 Å². The molecule has 0 aliphatic carbocycles. The van der Waals surface area contributed by atoms with Crippen LogP contribution in [0.4, 0.5) is 0 Å². The summed E-state index contributed by atoms with van der Waals surface area (Å²) in [7, 11) is 0. The highest BCUT2D eigenvalue weighted by Crippen LogP contribution is 2.34. The first-order chi connectivity index (χ1) is 8.00. The average Bonchev–Trinajstić information content (AvgIpc) is 2.29. The van der Waals surface area contributed by atoms with Crippen LogP contribution in [-0.4, -0.2) is 10.2 Å². The van der Waals surface area contributed by atoms with Crippen molar-refractivity contribution in [1.29, 1.82) is 0 Å². The van der Waals surface area contributed by atoms with E-state index in [1.807, 2.05) is 13.0 Å². The highest BCUT2D eigenvalue weighted by molar-refractivity contribution is 5.74. The number of rotatable bonds is 1. The van der Waals surface area contributed by atoms with E-state index in [0.717, 1.165) is 16.7 Å². The third-order valence-corrected chi connectivity index (χ3v) is 3.21. The normalized spacial score (nSPS) is 10.5. The van der Waals surface area contributed by atoms with Gasteiger partial charge in [0.25, 0.3) is 0 Å². The summed E-state index contributed by atoms with van der Waals surface area (Å²) in [4.78, 5) is 0. The minimum Gasteiger partial charge on any atom is -0.504 e. The fraction of sp³-hybridized carbons (Fsp3) is 0.200. The Bertz CT molecular complexity index is 571. The fourth-order valence-electron chi connectivity index (χ4n) is 2.07. The fourth-order valence-corrected chi connectivity index (χ4v) is 2.07. The van der Waals surface area contributed by atoms with Crippen molar-refractivity contribution in [2.24, 2.45) is 0 Å². The molecule has 2 heteroatoms. The molecule has 0 spiro atoms. The Morgan fingerprint density at radius 3 is 2.06 bits per heavy atom. The van der Waals surface area contributed by atoms with Crippen molar-refractivity contribution in [3.05, 3.63) is 47.0 Å². The first-order valence-corrected chi connectivity index (χ1v) is 5.60. The lowest BCUT2D eigenvalue weighted by Crippen LogP contribution is -1.91. The predicted molar refractivity (Wildman–Crippen MR) is 69.4 cm³/mol. The standard InChI is InChI=1S/C15H16O2/c1-9-4-5-10(2)15(11(9)3)12-6-7-13(16)14(17)8-12/h4-8,16-17H,1-3H3. The van der Waals surface area contributed by atoms with Gasteiger partial charge in [0.1, 0.15) is 0 Å². The molecule has 88 valence electrons. The van der Waals surface area contributed by atoms with Crippen LogP contribution < -0.4 is 0 Å². The molecule has 0 aliphatic rings. The van der Waals surface area contributed by atoms with Gasteiger partial charge in [-0.25, -0.2) is 0 Å². The maximum atomic E-state index is 9.56. The highest BCUT2D eigenvalue weighted by atomic mass is 16.3. The van der Waals surface area contributed by atoms with Gasteiger partial charge in [-0.15, -0.1) is 0 Å². The summed E-state index contributed by atoms with van der Waals surface area (Å²) in [6, 6.07) is 9.11. The van der Waals surface area contributed by atoms with Crippen molar-refractivity contribution in [3.8, 4) is 22.6 Å². The van der Waals surface area contributed by atoms with Crippen LogP contribution in [-0.2, 0) is 0 Å². The number of hydrogen-bond acceptors (Lipinski definition) is 2. The van der Waals surface area contributed by atoms with E-state index in [1.165, 1.54) is 17.2 Å². The molecular weight excluding hydrogens is 212 g/mol. The molecule has 0 unspecified atom stereocenters. The first kappa shape index (κ1) is 11.5. The predicted octanol–water partition coefficient (Wildman–Crippen LogP) is 3.69. The summed E-state index contributed by atoms with van der Waals surface area (Å²) < 4.78 is 0. The molecule has 0 radical (unpaired) electrons. The number of hydrogen-bond donors (Lipinski definition) is 2. The summed E-state index contributed by atoms with van der Waals surface area (Å²) in [5, 5.41) is 18.9. The van der Waals surface area contributed by atoms with Gasteiger partial charge in [0.2, 0.25) is 0 Å². The molecule has 0 aliphatic heterocycles. The van der Waals surface area contributed by atoms with Crippen LogP contribution in [0, 0.1) is 20.8 Å². The van der Waals surface area contributed by atoms with Gasteiger partial charge < -0.3 is 10.2 Å². The van der Waals surface area contributed by atoms with E-state index >= 15 is 0 Å². The topological polar surface area (TPSA) is 40.5 Å². The molecule has 2 nitrogen and oxygen atoms in total. The summed E-state index contributed by atoms with van der Waals surface area (Å²) in [5.41, 5.74) is 5.64. The van der Waals surface area contributed by atoms with E-state index in [1.54, 1.807) is 6.07 Å². The van der Waals surface area contributed by atoms with Crippen molar-refractivity contribution in [1.82, 2.24) is 0 Å². The Morgan fingerprint density at radius 2 is 1.41 bits per heavy atom. The Kier molecular flexibility index (Phi) is 2.80. The smallest absolute Gasteiger partial charge is 0.158 e. The molecule has 0 atom stereocenters. The van der Waals surface area contributed by atoms with Gasteiger partial charge in [0.05, 0.1) is 0 Å². The Hall–Kier alpha value is -1.96. The van der Waals surface area contributed by atoms with E-state index < -0.39 is 0 Å². The largest absolute Gasteiger partial charge is 0.504 e. The molecule has 0 saturated carbocycles. The van der Waals surface area contributed by atoms with Gasteiger partial charge in [-0.3, -0.25) is 0 Å². The zero-order valence-corrected chi connectivity index (χ0v) is 10.3. The van der Waals surface area contributed by atoms with E-state index in [4.69, 9.17) is 0 Å². The zero-order chi connectivity index (χ0) is 12.6. The molecule has 2 aromatic carbocycles. The monoisotopic (exact) mass is 228 g/mol. The molecule has 2 rings (SSSR count). The molecule has 2 aromatic rings. The summed E-state index contributed by atoms with van der Waals surface area (Å²) >= 11 is 0. The Balaban J connectivity index is 2.68. The third-order valence-electron chi connectivity index (χ3n) is 3.21. The molecule has 0 fully saturated rings. The van der Waals surface area contributed by atoms with Crippen molar-refractivity contribution in [2.75, 3.05) is 0 Å². The first-order valence-electron chi connectivity index (χ1n) is 5.60. The summed E-state index contributed by atoms with van der Waals surface area (Å²) in [6.45, 7) is 6.19. The molecule has 0 amide bonds. The minimum atomic E-state index is -0.0864. The van der Waals surface area contributed by atoms with Crippen molar-refractivity contribution in [3.63, 3.8) is 0 Å². The van der Waals surface area contributed by atoms with Crippen molar-refractivity contribution in [2.45, 2.75) is 20.8 Å². The molecule has 2 N–H and O–H groups in total. The van der Waals surface area contributed by atoms with Gasteiger partial charge in [0, 0.05) is 0 Å². The number of phenols is 2. The molecule has 0 aromatic heterocycles. The van der Waals surface area contributed by atoms with Crippen LogP contribution in [0.2, 0.25) is 0 Å². The third kappa shape index (κ3) is 1.98. The van der Waals surface area contributed by atoms with Crippen LogP contribution in [0.25, 0.3) is 11.1 Å². The molecule has 0 bridgehead atoms. The second-order valence-corrected chi connectivity index (χ2v) is 4.40. The van der Waals surface area contributed by atoms with E-state index in [0.29, 0.717) is 0 Å². The van der Waals surface area contributed by atoms with Crippen molar-refractivity contribution < 1.29 is 10.2 Å². The lowest BCUT2D eigenvalue weighted by atomic mass is 9.92. The van der Waals surface area contributed by atoms with Gasteiger partial charge >= 0.3 is 0 Å². The molecule has 0 heterocycles. The summed E-state index contributed by atoms with van der Waals surface area (Å²) in [5.74, 6) is -0.167. The number of phenolic OH excluding ortho intramolecular Hbond substituents is 2. The van der Waals surface area contributed by atoms with Gasteiger partial charge in [-0.1, -0.05) is 18.2 Å². The summed E-state index contributed by atoms with van der Waals surface area (Å²) in [6.07, 6.45) is 0. The maximum Gasteiger partial charge on any atom is 0.158 e. The average molecular weight is 228 g/mol. The molecular formula is C15H16O2. The molecule has 17 heavy (non-hydrogen) atoms. The van der Waals surface area contributed by atoms with Crippen LogP contribution in [0.3, 0.4) is 0 Å². The quantitative estimate of drug-likeness (QED) is 0.731. The van der Waals surface area contributed by atoms with Gasteiger partial charge in [-0.2, -0.15) is 0 Å². The Morgan fingerprint density at radius 1 is 0.765 bits per heavy atom. The zero-order valence-electron chi connectivity index (χ0n) is 10.3. The number of benzene rings is 2. The van der Waals surface area contributed by atoms with E-state index in [-0.39, 0.29) is 11.5 Å². The lowest BCUT2D eigenvalue weighted by Gasteiger charge is -2.13. The van der Waals surface area contributed by atoms with Gasteiger partial charge in [0.15, 0.2) is 11.5 Å². The second-order valence-electron chi connectivity index (χ2n) is 4.40. The van der Waals surface area contributed by atoms with E-state index in [9.17, 15) is 10.2 Å². The van der Waals surface area contributed by atoms with Crippen LogP contribution >= 0.6 is 0 Å². The molecule has 0 saturated heterocycles.